The number of carbonyl (C=O) groups is 2. The molecular weight excluding hydrogens is 421 g/mol. The Bertz CT molecular complexity index is 1020. The number of carbonyl (C=O) groups excluding carboxylic acids is 1. The summed E-state index contributed by atoms with van der Waals surface area (Å²) in [5.74, 6) is -1.15. The van der Waals surface area contributed by atoms with Crippen LogP contribution in [-0.2, 0) is 16.6 Å². The van der Waals surface area contributed by atoms with Crippen LogP contribution < -0.4 is 10.1 Å². The number of pyridine rings is 1. The number of ether oxygens (including phenoxy) is 2. The van der Waals surface area contributed by atoms with Crippen molar-refractivity contribution in [3.05, 3.63) is 17.6 Å². The lowest BCUT2D eigenvalue weighted by Gasteiger charge is -2.27. The third kappa shape index (κ3) is 4.97. The predicted molar refractivity (Wildman–Crippen MR) is 111 cm³/mol. The average molecular weight is 447 g/mol. The molecule has 4 rings (SSSR count). The van der Waals surface area contributed by atoms with Crippen molar-refractivity contribution in [1.82, 2.24) is 20.0 Å². The second kappa shape index (κ2) is 9.09. The minimum absolute atomic E-state index is 0.0756. The van der Waals surface area contributed by atoms with Crippen molar-refractivity contribution in [2.75, 3.05) is 11.9 Å². The summed E-state index contributed by atoms with van der Waals surface area (Å²) in [6.07, 6.45) is 3.55. The van der Waals surface area contributed by atoms with E-state index in [2.05, 4.69) is 20.6 Å². The maximum Gasteiger partial charge on any atom is 0.412 e. The minimum atomic E-state index is -0.840. The van der Waals surface area contributed by atoms with E-state index in [1.165, 1.54) is 10.7 Å². The van der Waals surface area contributed by atoms with Crippen LogP contribution in [0.3, 0.4) is 0 Å². The summed E-state index contributed by atoms with van der Waals surface area (Å²) in [6, 6.07) is 1.21. The first-order chi connectivity index (χ1) is 15.3. The number of hydrogen-bond donors (Lipinski definition) is 2. The first kappa shape index (κ1) is 22.0. The number of nitrogens with one attached hydrogen (secondary N) is 1. The summed E-state index contributed by atoms with van der Waals surface area (Å²) in [5.41, 5.74) is 0.422. The number of carboxylic acids is 1. The minimum Gasteiger partial charge on any atom is -0.488 e. The van der Waals surface area contributed by atoms with E-state index in [9.17, 15) is 14.7 Å². The van der Waals surface area contributed by atoms with Crippen LogP contribution in [0.5, 0.6) is 5.75 Å². The van der Waals surface area contributed by atoms with Gasteiger partial charge in [-0.05, 0) is 51.4 Å². The molecule has 10 nitrogen and oxygen atoms in total. The Morgan fingerprint density at radius 3 is 2.78 bits per heavy atom. The molecule has 2 fully saturated rings. The molecule has 2 N–H and O–H groups in total. The van der Waals surface area contributed by atoms with E-state index in [4.69, 9.17) is 9.47 Å². The Morgan fingerprint density at radius 1 is 1.28 bits per heavy atom. The highest BCUT2D eigenvalue weighted by molar-refractivity contribution is 5.88. The Morgan fingerprint density at radius 2 is 2.06 bits per heavy atom. The Kier molecular flexibility index (Phi) is 6.24. The number of halogens is 1. The predicted octanol–water partition coefficient (Wildman–Crippen LogP) is 3.31. The van der Waals surface area contributed by atoms with Crippen LogP contribution in [0.4, 0.5) is 15.0 Å². The third-order valence-electron chi connectivity index (χ3n) is 5.81. The van der Waals surface area contributed by atoms with Crippen LogP contribution in [-0.4, -0.2) is 49.9 Å². The van der Waals surface area contributed by atoms with Crippen LogP contribution in [0.1, 0.15) is 44.2 Å². The van der Waals surface area contributed by atoms with Gasteiger partial charge in [0.1, 0.15) is 11.4 Å². The van der Waals surface area contributed by atoms with Gasteiger partial charge in [-0.3, -0.25) is 10.1 Å². The Balaban J connectivity index is 1.51. The number of anilines is 1. The number of aryl methyl sites for hydroxylation is 2. The highest BCUT2D eigenvalue weighted by Gasteiger charge is 2.29. The number of aromatic nitrogens is 4. The summed E-state index contributed by atoms with van der Waals surface area (Å²) < 4.78 is 27.4. The molecule has 2 aliphatic carbocycles. The van der Waals surface area contributed by atoms with E-state index < -0.39 is 23.8 Å². The molecule has 0 unspecified atom stereocenters. The fraction of sp³-hybridized carbons (Fsp3) is 0.571. The fourth-order valence-electron chi connectivity index (χ4n) is 3.77. The molecule has 172 valence electrons. The normalized spacial score (nSPS) is 20.6. The van der Waals surface area contributed by atoms with Crippen LogP contribution in [0.2, 0.25) is 0 Å². The molecule has 32 heavy (non-hydrogen) atoms. The largest absolute Gasteiger partial charge is 0.488 e. The molecule has 2 aromatic heterocycles. The molecule has 0 saturated heterocycles. The van der Waals surface area contributed by atoms with E-state index >= 15 is 4.39 Å². The number of aliphatic carboxylic acids is 1. The SMILES string of the molecule is Cc1nc(-c2nnn(C)c2NC(=O)OCC2CC2)c(F)cc1O[C@H]1CCC[C@H](C(=O)O)C1. The van der Waals surface area contributed by atoms with E-state index in [-0.39, 0.29) is 29.1 Å². The van der Waals surface area contributed by atoms with Crippen molar-refractivity contribution in [2.24, 2.45) is 18.9 Å². The van der Waals surface area contributed by atoms with Crippen LogP contribution in [0.15, 0.2) is 6.07 Å². The number of nitrogens with zero attached hydrogens (tertiary/aromatic N) is 4. The average Bonchev–Trinajstić information content (AvgIpc) is 3.53. The van der Waals surface area contributed by atoms with Crippen molar-refractivity contribution in [3.8, 4) is 17.1 Å². The molecule has 2 heterocycles. The number of amides is 1. The van der Waals surface area contributed by atoms with E-state index in [0.717, 1.165) is 19.3 Å². The zero-order valence-corrected chi connectivity index (χ0v) is 18.0. The quantitative estimate of drug-likeness (QED) is 0.662. The summed E-state index contributed by atoms with van der Waals surface area (Å²) >= 11 is 0. The summed E-state index contributed by atoms with van der Waals surface area (Å²) in [5, 5.41) is 19.6. The van der Waals surface area contributed by atoms with Crippen LogP contribution in [0.25, 0.3) is 11.4 Å². The van der Waals surface area contributed by atoms with Gasteiger partial charge in [-0.2, -0.15) is 0 Å². The van der Waals surface area contributed by atoms with E-state index in [0.29, 0.717) is 37.5 Å². The van der Waals surface area contributed by atoms with Crippen LogP contribution in [0, 0.1) is 24.6 Å². The van der Waals surface area contributed by atoms with Crippen molar-refractivity contribution >= 4 is 17.9 Å². The lowest BCUT2D eigenvalue weighted by Crippen LogP contribution is -2.29. The fourth-order valence-corrected chi connectivity index (χ4v) is 3.77. The van der Waals surface area contributed by atoms with Gasteiger partial charge in [0, 0.05) is 13.1 Å². The number of carboxylic acid groups (broad SMARTS) is 1. The van der Waals surface area contributed by atoms with E-state index in [1.807, 2.05) is 0 Å². The number of rotatable bonds is 7. The molecule has 0 bridgehead atoms. The van der Waals surface area contributed by atoms with Crippen molar-refractivity contribution in [2.45, 2.75) is 51.6 Å². The van der Waals surface area contributed by atoms with Crippen molar-refractivity contribution in [3.63, 3.8) is 0 Å². The molecule has 11 heteroatoms. The molecule has 2 atom stereocenters. The van der Waals surface area contributed by atoms with Gasteiger partial charge in [0.15, 0.2) is 17.3 Å². The maximum atomic E-state index is 15.0. The van der Waals surface area contributed by atoms with Crippen molar-refractivity contribution < 1.29 is 28.6 Å². The summed E-state index contributed by atoms with van der Waals surface area (Å²) in [4.78, 5) is 27.7. The molecule has 0 aliphatic heterocycles. The summed E-state index contributed by atoms with van der Waals surface area (Å²) in [7, 11) is 1.57. The molecule has 0 radical (unpaired) electrons. The summed E-state index contributed by atoms with van der Waals surface area (Å²) in [6.45, 7) is 2.01. The second-order valence-electron chi connectivity index (χ2n) is 8.42. The second-order valence-corrected chi connectivity index (χ2v) is 8.42. The topological polar surface area (TPSA) is 128 Å². The zero-order valence-electron chi connectivity index (χ0n) is 18.0. The van der Waals surface area contributed by atoms with Gasteiger partial charge in [-0.25, -0.2) is 18.9 Å². The van der Waals surface area contributed by atoms with E-state index in [1.54, 1.807) is 14.0 Å². The molecular formula is C21H26FN5O5. The van der Waals surface area contributed by atoms with Gasteiger partial charge in [0.25, 0.3) is 0 Å². The molecule has 2 aromatic rings. The van der Waals surface area contributed by atoms with Gasteiger partial charge in [0.05, 0.1) is 24.3 Å². The maximum absolute atomic E-state index is 15.0. The van der Waals surface area contributed by atoms with Gasteiger partial charge < -0.3 is 14.6 Å². The standard InChI is InChI=1S/C21H26FN5O5/c1-11-16(32-14-5-3-4-13(8-14)20(28)29)9-15(22)17(23-11)18-19(27(2)26-25-18)24-21(30)31-10-12-6-7-12/h9,12-14H,3-8,10H2,1-2H3,(H,24,30)(H,28,29)/t13-,14-/m0/s1. The highest BCUT2D eigenvalue weighted by Crippen LogP contribution is 2.33. The van der Waals surface area contributed by atoms with Crippen molar-refractivity contribution in [1.29, 1.82) is 0 Å². The highest BCUT2D eigenvalue weighted by atomic mass is 19.1. The Hall–Kier alpha value is -3.24. The monoisotopic (exact) mass is 447 g/mol. The number of hydrogen-bond acceptors (Lipinski definition) is 7. The molecule has 0 spiro atoms. The van der Waals surface area contributed by atoms with Gasteiger partial charge in [0.2, 0.25) is 0 Å². The third-order valence-corrected chi connectivity index (χ3v) is 5.81. The van der Waals surface area contributed by atoms with Gasteiger partial charge in [-0.15, -0.1) is 5.10 Å². The molecule has 2 aliphatic rings. The van der Waals surface area contributed by atoms with Gasteiger partial charge in [-0.1, -0.05) is 5.21 Å². The molecule has 0 aromatic carbocycles. The smallest absolute Gasteiger partial charge is 0.412 e. The molecule has 1 amide bonds. The first-order valence-corrected chi connectivity index (χ1v) is 10.7. The first-order valence-electron chi connectivity index (χ1n) is 10.7. The lowest BCUT2D eigenvalue weighted by molar-refractivity contribution is -0.143. The Labute approximate surface area is 184 Å². The van der Waals surface area contributed by atoms with Crippen LogP contribution >= 0.6 is 0 Å². The van der Waals surface area contributed by atoms with Gasteiger partial charge >= 0.3 is 12.1 Å². The lowest BCUT2D eigenvalue weighted by atomic mass is 9.87. The zero-order chi connectivity index (χ0) is 22.8. The molecule has 2 saturated carbocycles.